The second-order valence-corrected chi connectivity index (χ2v) is 3.06. The number of rotatable bonds is 4. The van der Waals surface area contributed by atoms with Gasteiger partial charge < -0.3 is 5.32 Å². The van der Waals surface area contributed by atoms with Crippen molar-refractivity contribution in [3.8, 4) is 0 Å². The Morgan fingerprint density at radius 1 is 1.29 bits per heavy atom. The van der Waals surface area contributed by atoms with Gasteiger partial charge in [0, 0.05) is 17.8 Å². The number of H-pyrrole nitrogens is 2. The minimum Gasteiger partial charge on any atom is -0.306 e. The first-order chi connectivity index (χ1) is 6.86. The zero-order chi connectivity index (χ0) is 9.80. The molecule has 0 saturated heterocycles. The third-order valence-electron chi connectivity index (χ3n) is 2.01. The molecule has 0 aliphatic heterocycles. The van der Waals surface area contributed by atoms with E-state index in [1.54, 1.807) is 0 Å². The number of hydrogen-bond donors (Lipinski definition) is 3. The van der Waals surface area contributed by atoms with Gasteiger partial charge >= 0.3 is 0 Å². The molecule has 0 fully saturated rings. The molecule has 6 nitrogen and oxygen atoms in total. The van der Waals surface area contributed by atoms with Crippen LogP contribution in [0, 0.1) is 6.92 Å². The van der Waals surface area contributed by atoms with Crippen molar-refractivity contribution in [3.63, 3.8) is 0 Å². The van der Waals surface area contributed by atoms with Crippen LogP contribution in [0.1, 0.15) is 17.1 Å². The summed E-state index contributed by atoms with van der Waals surface area (Å²) in [5.41, 5.74) is 2.26. The van der Waals surface area contributed by atoms with Gasteiger partial charge in [-0.2, -0.15) is 10.2 Å². The van der Waals surface area contributed by atoms with Crippen LogP contribution in [0.2, 0.25) is 0 Å². The molecule has 74 valence electrons. The smallest absolute Gasteiger partial charge is 0.138 e. The molecule has 0 spiro atoms. The molecule has 0 radical (unpaired) electrons. The minimum atomic E-state index is 0.685. The van der Waals surface area contributed by atoms with Gasteiger partial charge in [-0.3, -0.25) is 10.2 Å². The van der Waals surface area contributed by atoms with Crippen molar-refractivity contribution in [1.82, 2.24) is 30.7 Å². The molecule has 0 aliphatic rings. The molecule has 14 heavy (non-hydrogen) atoms. The lowest BCUT2D eigenvalue weighted by Crippen LogP contribution is -2.13. The Bertz CT molecular complexity index is 376. The predicted octanol–water partition coefficient (Wildman–Crippen LogP) is 0.126. The lowest BCUT2D eigenvalue weighted by molar-refractivity contribution is 0.663. The Labute approximate surface area is 81.1 Å². The van der Waals surface area contributed by atoms with Gasteiger partial charge in [-0.1, -0.05) is 0 Å². The van der Waals surface area contributed by atoms with E-state index in [1.165, 1.54) is 11.9 Å². The van der Waals surface area contributed by atoms with Gasteiger partial charge in [0.25, 0.3) is 0 Å². The fourth-order valence-electron chi connectivity index (χ4n) is 1.19. The maximum absolute atomic E-state index is 4.00. The molecule has 2 heterocycles. The van der Waals surface area contributed by atoms with Gasteiger partial charge in [-0.05, 0) is 6.92 Å². The first-order valence-electron chi connectivity index (χ1n) is 4.40. The lowest BCUT2D eigenvalue weighted by atomic mass is 10.2. The van der Waals surface area contributed by atoms with Crippen LogP contribution in [0.4, 0.5) is 0 Å². The fraction of sp³-hybridized carbons (Fsp3) is 0.375. The Hall–Kier alpha value is -1.69. The van der Waals surface area contributed by atoms with E-state index in [2.05, 4.69) is 30.7 Å². The van der Waals surface area contributed by atoms with Crippen molar-refractivity contribution in [2.24, 2.45) is 0 Å². The molecule has 0 atom stereocenters. The van der Waals surface area contributed by atoms with Gasteiger partial charge in [0.2, 0.25) is 0 Å². The number of nitrogens with zero attached hydrogens (tertiary/aromatic N) is 3. The van der Waals surface area contributed by atoms with Crippen molar-refractivity contribution in [2.45, 2.75) is 20.0 Å². The van der Waals surface area contributed by atoms with Crippen LogP contribution < -0.4 is 5.32 Å². The number of aromatic amines is 2. The van der Waals surface area contributed by atoms with E-state index in [1.807, 2.05) is 13.1 Å². The van der Waals surface area contributed by atoms with Gasteiger partial charge in [0.15, 0.2) is 0 Å². The first kappa shape index (κ1) is 8.89. The molecular formula is C8H12N6. The van der Waals surface area contributed by atoms with E-state index in [4.69, 9.17) is 0 Å². The Kier molecular flexibility index (Phi) is 2.55. The Balaban J connectivity index is 1.81. The van der Waals surface area contributed by atoms with Crippen LogP contribution >= 0.6 is 0 Å². The van der Waals surface area contributed by atoms with Crippen LogP contribution in [-0.2, 0) is 13.1 Å². The molecular weight excluding hydrogens is 180 g/mol. The SMILES string of the molecule is Cc1[nH]ncc1CNCc1ncn[nH]1. The number of hydrogen-bond acceptors (Lipinski definition) is 4. The molecule has 0 amide bonds. The minimum absolute atomic E-state index is 0.685. The maximum Gasteiger partial charge on any atom is 0.138 e. The molecule has 0 unspecified atom stereocenters. The quantitative estimate of drug-likeness (QED) is 0.643. The predicted molar refractivity (Wildman–Crippen MR) is 50.3 cm³/mol. The van der Waals surface area contributed by atoms with Crippen LogP contribution in [0.25, 0.3) is 0 Å². The van der Waals surface area contributed by atoms with E-state index in [0.29, 0.717) is 6.54 Å². The first-order valence-corrected chi connectivity index (χ1v) is 4.40. The third kappa shape index (κ3) is 1.97. The van der Waals surface area contributed by atoms with Crippen LogP contribution in [0.3, 0.4) is 0 Å². The fourth-order valence-corrected chi connectivity index (χ4v) is 1.19. The third-order valence-corrected chi connectivity index (χ3v) is 2.01. The van der Waals surface area contributed by atoms with Crippen molar-refractivity contribution < 1.29 is 0 Å². The highest BCUT2D eigenvalue weighted by Gasteiger charge is 2.00. The summed E-state index contributed by atoms with van der Waals surface area (Å²) >= 11 is 0. The topological polar surface area (TPSA) is 82.3 Å². The summed E-state index contributed by atoms with van der Waals surface area (Å²) in [6.45, 7) is 3.46. The molecule has 0 aromatic carbocycles. The molecule has 0 saturated carbocycles. The molecule has 6 heteroatoms. The van der Waals surface area contributed by atoms with Gasteiger partial charge in [-0.25, -0.2) is 4.98 Å². The van der Waals surface area contributed by atoms with Crippen molar-refractivity contribution in [1.29, 1.82) is 0 Å². The number of aryl methyl sites for hydroxylation is 1. The van der Waals surface area contributed by atoms with E-state index in [0.717, 1.165) is 18.1 Å². The van der Waals surface area contributed by atoms with Crippen molar-refractivity contribution in [3.05, 3.63) is 29.6 Å². The molecule has 2 aromatic rings. The van der Waals surface area contributed by atoms with Gasteiger partial charge in [0.1, 0.15) is 12.2 Å². The van der Waals surface area contributed by atoms with E-state index >= 15 is 0 Å². The number of aromatic nitrogens is 5. The van der Waals surface area contributed by atoms with Crippen molar-refractivity contribution in [2.75, 3.05) is 0 Å². The summed E-state index contributed by atoms with van der Waals surface area (Å²) in [7, 11) is 0. The van der Waals surface area contributed by atoms with E-state index < -0.39 is 0 Å². The summed E-state index contributed by atoms with van der Waals surface area (Å²) in [4.78, 5) is 4.00. The lowest BCUT2D eigenvalue weighted by Gasteiger charge is -2.00. The summed E-state index contributed by atoms with van der Waals surface area (Å²) in [5.74, 6) is 0.839. The molecule has 2 rings (SSSR count). The standard InChI is InChI=1S/C8H12N6/c1-6-7(3-11-13-6)2-9-4-8-10-5-12-14-8/h3,5,9H,2,4H2,1H3,(H,11,13)(H,10,12,14). The average Bonchev–Trinajstić information content (AvgIpc) is 2.78. The monoisotopic (exact) mass is 192 g/mol. The zero-order valence-electron chi connectivity index (χ0n) is 7.91. The zero-order valence-corrected chi connectivity index (χ0v) is 7.91. The van der Waals surface area contributed by atoms with Crippen LogP contribution in [0.15, 0.2) is 12.5 Å². The van der Waals surface area contributed by atoms with Crippen molar-refractivity contribution >= 4 is 0 Å². The summed E-state index contributed by atoms with van der Waals surface area (Å²) in [5, 5.41) is 16.6. The second-order valence-electron chi connectivity index (χ2n) is 3.06. The highest BCUT2D eigenvalue weighted by Crippen LogP contribution is 2.01. The maximum atomic E-state index is 4.00. The summed E-state index contributed by atoms with van der Waals surface area (Å²) in [6.07, 6.45) is 3.32. The van der Waals surface area contributed by atoms with Crippen LogP contribution in [-0.4, -0.2) is 25.4 Å². The highest BCUT2D eigenvalue weighted by molar-refractivity contribution is 5.13. The van der Waals surface area contributed by atoms with Gasteiger partial charge in [-0.15, -0.1) is 0 Å². The van der Waals surface area contributed by atoms with Gasteiger partial charge in [0.05, 0.1) is 12.7 Å². The largest absolute Gasteiger partial charge is 0.306 e. The molecule has 3 N–H and O–H groups in total. The Morgan fingerprint density at radius 3 is 2.86 bits per heavy atom. The van der Waals surface area contributed by atoms with E-state index in [-0.39, 0.29) is 0 Å². The summed E-state index contributed by atoms with van der Waals surface area (Å²) < 4.78 is 0. The molecule has 2 aromatic heterocycles. The van der Waals surface area contributed by atoms with Crippen LogP contribution in [0.5, 0.6) is 0 Å². The number of nitrogens with one attached hydrogen (secondary N) is 3. The Morgan fingerprint density at radius 2 is 2.21 bits per heavy atom. The second kappa shape index (κ2) is 4.01. The summed E-state index contributed by atoms with van der Waals surface area (Å²) in [6, 6.07) is 0. The molecule has 0 bridgehead atoms. The van der Waals surface area contributed by atoms with E-state index in [9.17, 15) is 0 Å². The highest BCUT2D eigenvalue weighted by atomic mass is 15.2. The molecule has 0 aliphatic carbocycles. The average molecular weight is 192 g/mol. The normalized spacial score (nSPS) is 10.6.